The number of carbonyl (C=O) groups is 1. The molecule has 93 valence electrons. The average molecular weight is 318 g/mol. The van der Waals surface area contributed by atoms with E-state index in [0.29, 0.717) is 5.82 Å². The summed E-state index contributed by atoms with van der Waals surface area (Å²) in [7, 11) is 0. The van der Waals surface area contributed by atoms with Gasteiger partial charge in [0.15, 0.2) is 0 Å². The number of nitrogens with zero attached hydrogens (tertiary/aromatic N) is 2. The van der Waals surface area contributed by atoms with Crippen molar-refractivity contribution in [2.75, 3.05) is 4.90 Å². The number of hydrogen-bond acceptors (Lipinski definition) is 2. The zero-order chi connectivity index (χ0) is 12.7. The van der Waals surface area contributed by atoms with Crippen LogP contribution in [0.3, 0.4) is 0 Å². The van der Waals surface area contributed by atoms with Crippen LogP contribution in [0.4, 0.5) is 5.82 Å². The molecular weight excluding hydrogens is 301 g/mol. The van der Waals surface area contributed by atoms with Crippen LogP contribution in [0.1, 0.15) is 25.8 Å². The molecule has 1 aromatic rings. The van der Waals surface area contributed by atoms with Crippen molar-refractivity contribution in [3.63, 3.8) is 0 Å². The third kappa shape index (κ3) is 5.24. The summed E-state index contributed by atoms with van der Waals surface area (Å²) < 4.78 is 0. The van der Waals surface area contributed by atoms with E-state index >= 15 is 0 Å². The van der Waals surface area contributed by atoms with Gasteiger partial charge in [0.25, 0.3) is 0 Å². The molecule has 1 amide bonds. The summed E-state index contributed by atoms with van der Waals surface area (Å²) in [5.74, 6) is 0.481. The first-order valence-electron chi connectivity index (χ1n) is 5.66. The number of rotatable bonds is 4. The molecule has 0 saturated carbocycles. The molecule has 0 spiro atoms. The predicted octanol–water partition coefficient (Wildman–Crippen LogP) is 3.02. The number of anilines is 1. The molecule has 0 aliphatic carbocycles. The summed E-state index contributed by atoms with van der Waals surface area (Å²) in [6, 6.07) is 4.75. The maximum atomic E-state index is 11.9. The van der Waals surface area contributed by atoms with Crippen LogP contribution in [0, 0.1) is 13.0 Å². The Labute approximate surface area is 134 Å². The number of carbonyl (C=O) groups excluding carboxylic acids is 1. The minimum atomic E-state index is -0.102. The maximum absolute atomic E-state index is 11.9. The zero-order valence-electron chi connectivity index (χ0n) is 11.1. The van der Waals surface area contributed by atoms with Gasteiger partial charge >= 0.3 is 0 Å². The van der Waals surface area contributed by atoms with Crippen LogP contribution in [0.15, 0.2) is 36.7 Å². The van der Waals surface area contributed by atoms with Gasteiger partial charge in [0.1, 0.15) is 0 Å². The molecule has 0 unspecified atom stereocenters. The molecule has 0 aromatic carbocycles. The van der Waals surface area contributed by atoms with Gasteiger partial charge in [-0.1, -0.05) is 32.2 Å². The first-order valence-corrected chi connectivity index (χ1v) is 5.66. The van der Waals surface area contributed by atoms with Crippen molar-refractivity contribution in [1.29, 1.82) is 0 Å². The van der Waals surface area contributed by atoms with Gasteiger partial charge in [0.2, 0.25) is 5.91 Å². The minimum absolute atomic E-state index is 0. The fourth-order valence-corrected chi connectivity index (χ4v) is 1.26. The summed E-state index contributed by atoms with van der Waals surface area (Å²) in [6.45, 7) is 5.76. The Bertz CT molecular complexity index is 424. The van der Waals surface area contributed by atoms with Crippen LogP contribution >= 0.6 is 0 Å². The molecule has 3 nitrogen and oxygen atoms in total. The van der Waals surface area contributed by atoms with E-state index in [9.17, 15) is 4.79 Å². The predicted molar refractivity (Wildman–Crippen MR) is 69.5 cm³/mol. The molecule has 0 N–H and O–H groups in total. The normalized spacial score (nSPS) is 10.6. The molecule has 1 heterocycles. The molecule has 1 radical (unpaired) electrons. The van der Waals surface area contributed by atoms with Crippen molar-refractivity contribution in [2.24, 2.45) is 0 Å². The van der Waals surface area contributed by atoms with Crippen molar-refractivity contribution in [3.05, 3.63) is 48.3 Å². The van der Waals surface area contributed by atoms with Crippen LogP contribution in [-0.2, 0) is 37.5 Å². The van der Waals surface area contributed by atoms with Crippen LogP contribution in [-0.4, -0.2) is 10.9 Å². The Hall–Kier alpha value is -0.796. The van der Waals surface area contributed by atoms with E-state index in [-0.39, 0.29) is 38.6 Å². The molecule has 0 atom stereocenters. The molecule has 4 heteroatoms. The Morgan fingerprint density at radius 1 is 1.56 bits per heavy atom. The van der Waals surface area contributed by atoms with Gasteiger partial charge in [-0.3, -0.25) is 4.79 Å². The van der Waals surface area contributed by atoms with E-state index in [1.807, 2.05) is 26.8 Å². The van der Waals surface area contributed by atoms with Crippen LogP contribution < -0.4 is 4.90 Å². The number of amides is 1. The van der Waals surface area contributed by atoms with Gasteiger partial charge in [-0.25, -0.2) is 0 Å². The van der Waals surface area contributed by atoms with E-state index in [0.717, 1.165) is 12.0 Å². The van der Waals surface area contributed by atoms with E-state index in [1.54, 1.807) is 30.6 Å². The SMILES string of the molecule is C/C=C\N(C(=O)/C=C/CC)c1c[c-]c(C)cn1.[Y]. The van der Waals surface area contributed by atoms with Crippen LogP contribution in [0.2, 0.25) is 0 Å². The summed E-state index contributed by atoms with van der Waals surface area (Å²) in [5, 5.41) is 0. The summed E-state index contributed by atoms with van der Waals surface area (Å²) in [6.07, 6.45) is 9.43. The maximum Gasteiger partial charge on any atom is 0.244 e. The minimum Gasteiger partial charge on any atom is -0.367 e. The Kier molecular flexibility index (Phi) is 8.77. The number of aromatic nitrogens is 1. The smallest absolute Gasteiger partial charge is 0.244 e. The van der Waals surface area contributed by atoms with Gasteiger partial charge in [-0.15, -0.1) is 11.6 Å². The largest absolute Gasteiger partial charge is 0.367 e. The molecule has 0 fully saturated rings. The van der Waals surface area contributed by atoms with Gasteiger partial charge < -0.3 is 9.88 Å². The number of pyridine rings is 1. The molecule has 0 saturated heterocycles. The second-order valence-corrected chi connectivity index (χ2v) is 3.59. The summed E-state index contributed by atoms with van der Waals surface area (Å²) in [5.41, 5.74) is 0.950. The van der Waals surface area contributed by atoms with E-state index in [2.05, 4.69) is 11.1 Å². The molecule has 0 bridgehead atoms. The van der Waals surface area contributed by atoms with E-state index < -0.39 is 0 Å². The first-order chi connectivity index (χ1) is 8.19. The Morgan fingerprint density at radius 3 is 2.78 bits per heavy atom. The zero-order valence-corrected chi connectivity index (χ0v) is 13.9. The van der Waals surface area contributed by atoms with Crippen molar-refractivity contribution in [1.82, 2.24) is 4.98 Å². The van der Waals surface area contributed by atoms with Gasteiger partial charge in [0.05, 0.1) is 0 Å². The number of allylic oxidation sites excluding steroid dienone is 2. The summed E-state index contributed by atoms with van der Waals surface area (Å²) in [4.78, 5) is 17.6. The molecule has 1 aromatic heterocycles. The fourth-order valence-electron chi connectivity index (χ4n) is 1.26. The Balaban J connectivity index is 0.00000289. The van der Waals surface area contributed by atoms with Crippen molar-refractivity contribution < 1.29 is 37.5 Å². The molecule has 0 aliphatic heterocycles. The van der Waals surface area contributed by atoms with E-state index in [1.165, 1.54) is 4.90 Å². The molecule has 18 heavy (non-hydrogen) atoms. The topological polar surface area (TPSA) is 33.2 Å². The molecular formula is C14H17N2OY-. The second-order valence-electron chi connectivity index (χ2n) is 3.59. The van der Waals surface area contributed by atoms with E-state index in [4.69, 9.17) is 0 Å². The molecule has 1 rings (SSSR count). The molecule has 0 aliphatic rings. The fraction of sp³-hybridized carbons (Fsp3) is 0.286. The second kappa shape index (κ2) is 9.18. The number of hydrogen-bond donors (Lipinski definition) is 0. The Morgan fingerprint density at radius 2 is 2.28 bits per heavy atom. The van der Waals surface area contributed by atoms with Crippen molar-refractivity contribution >= 4 is 11.7 Å². The monoisotopic (exact) mass is 318 g/mol. The average Bonchev–Trinajstić information content (AvgIpc) is 2.34. The summed E-state index contributed by atoms with van der Waals surface area (Å²) >= 11 is 0. The van der Waals surface area contributed by atoms with Crippen molar-refractivity contribution in [2.45, 2.75) is 27.2 Å². The van der Waals surface area contributed by atoms with Crippen LogP contribution in [0.5, 0.6) is 0 Å². The first kappa shape index (κ1) is 17.2. The third-order valence-corrected chi connectivity index (χ3v) is 2.10. The quantitative estimate of drug-likeness (QED) is 0.631. The van der Waals surface area contributed by atoms with Crippen LogP contribution in [0.25, 0.3) is 0 Å². The number of aryl methyl sites for hydroxylation is 1. The van der Waals surface area contributed by atoms with Gasteiger partial charge in [0, 0.05) is 38.5 Å². The third-order valence-electron chi connectivity index (χ3n) is 2.10. The van der Waals surface area contributed by atoms with Crippen molar-refractivity contribution in [3.8, 4) is 0 Å². The van der Waals surface area contributed by atoms with Gasteiger partial charge in [-0.05, 0) is 25.6 Å². The standard InChI is InChI=1S/C14H17N2O.Y/c1-4-6-7-14(17)16(10-5-2)13-9-8-12(3)11-15-13;/h5-7,9-11H,4H2,1-3H3;/q-1;/b7-6+,10-5-;. The van der Waals surface area contributed by atoms with Gasteiger partial charge in [-0.2, -0.15) is 6.07 Å².